The summed E-state index contributed by atoms with van der Waals surface area (Å²) in [6.07, 6.45) is 11.7. The fraction of sp³-hybridized carbons (Fsp3) is 0.773. The van der Waals surface area contributed by atoms with Gasteiger partial charge < -0.3 is 10.6 Å². The van der Waals surface area contributed by atoms with E-state index in [1.807, 2.05) is 6.92 Å². The summed E-state index contributed by atoms with van der Waals surface area (Å²) in [4.78, 5) is 25.5. The summed E-state index contributed by atoms with van der Waals surface area (Å²) in [7, 11) is 0. The third-order valence-corrected chi connectivity index (χ3v) is 6.72. The van der Waals surface area contributed by atoms with Crippen LogP contribution in [0.25, 0.3) is 0 Å². The van der Waals surface area contributed by atoms with Crippen molar-refractivity contribution in [2.24, 2.45) is 11.8 Å². The van der Waals surface area contributed by atoms with Crippen LogP contribution in [-0.4, -0.2) is 33.7 Å². The number of rotatable bonds is 6. The molecule has 0 spiro atoms. The molecule has 0 aromatic carbocycles. The fourth-order valence-electron chi connectivity index (χ4n) is 4.71. The third kappa shape index (κ3) is 4.95. The molecule has 28 heavy (non-hydrogen) atoms. The molecular weight excluding hydrogens is 352 g/mol. The number of nitrogens with zero attached hydrogens (tertiary/aromatic N) is 2. The molecular formula is C22H36N4O2. The van der Waals surface area contributed by atoms with E-state index in [1.54, 1.807) is 16.9 Å². The van der Waals surface area contributed by atoms with Gasteiger partial charge in [-0.3, -0.25) is 14.3 Å². The molecule has 2 fully saturated rings. The van der Waals surface area contributed by atoms with Crippen molar-refractivity contribution in [3.8, 4) is 0 Å². The zero-order chi connectivity index (χ0) is 20.1. The van der Waals surface area contributed by atoms with Gasteiger partial charge in [-0.15, -0.1) is 0 Å². The summed E-state index contributed by atoms with van der Waals surface area (Å²) in [5.74, 6) is 0.906. The summed E-state index contributed by atoms with van der Waals surface area (Å²) in [5, 5.41) is 10.8. The Morgan fingerprint density at radius 2 is 1.61 bits per heavy atom. The maximum Gasteiger partial charge on any atom is 0.272 e. The molecule has 2 N–H and O–H groups in total. The highest BCUT2D eigenvalue weighted by Crippen LogP contribution is 2.25. The molecule has 5 atom stereocenters. The van der Waals surface area contributed by atoms with E-state index in [-0.39, 0.29) is 29.9 Å². The van der Waals surface area contributed by atoms with Gasteiger partial charge in [-0.05, 0) is 50.0 Å². The lowest BCUT2D eigenvalue weighted by Gasteiger charge is -2.31. The molecule has 0 aliphatic heterocycles. The van der Waals surface area contributed by atoms with Crippen LogP contribution in [0.2, 0.25) is 0 Å². The Hall–Kier alpha value is -1.85. The lowest BCUT2D eigenvalue weighted by molar-refractivity contribution is -0.126. The Kier molecular flexibility index (Phi) is 7.13. The highest BCUT2D eigenvalue weighted by Gasteiger charge is 2.28. The minimum absolute atomic E-state index is 0.0113. The second-order valence-corrected chi connectivity index (χ2v) is 8.82. The number of carbonyl (C=O) groups is 2. The van der Waals surface area contributed by atoms with Crippen molar-refractivity contribution < 1.29 is 9.59 Å². The lowest BCUT2D eigenvalue weighted by atomic mass is 9.86. The zero-order valence-electron chi connectivity index (χ0n) is 17.6. The van der Waals surface area contributed by atoms with E-state index in [0.29, 0.717) is 24.0 Å². The van der Waals surface area contributed by atoms with Gasteiger partial charge in [-0.25, -0.2) is 0 Å². The second kappa shape index (κ2) is 9.57. The number of carbonyl (C=O) groups excluding carboxylic acids is 2. The fourth-order valence-corrected chi connectivity index (χ4v) is 4.71. The molecule has 2 aliphatic carbocycles. The van der Waals surface area contributed by atoms with Crippen molar-refractivity contribution >= 4 is 11.8 Å². The summed E-state index contributed by atoms with van der Waals surface area (Å²) < 4.78 is 1.65. The molecule has 156 valence electrons. The molecule has 0 saturated heterocycles. The Bertz CT molecular complexity index is 671. The van der Waals surface area contributed by atoms with Gasteiger partial charge in [0.1, 0.15) is 11.7 Å². The molecule has 2 saturated carbocycles. The molecule has 6 heteroatoms. The summed E-state index contributed by atoms with van der Waals surface area (Å²) in [5.41, 5.74) is 0.398. The van der Waals surface area contributed by atoms with Crippen molar-refractivity contribution in [2.75, 3.05) is 0 Å². The first-order valence-electron chi connectivity index (χ1n) is 11.2. The molecule has 0 radical (unpaired) electrons. The van der Waals surface area contributed by atoms with Crippen LogP contribution in [0.3, 0.4) is 0 Å². The predicted octanol–water partition coefficient (Wildman–Crippen LogP) is 3.84. The normalized spacial score (nSPS) is 29.1. The molecule has 2 amide bonds. The van der Waals surface area contributed by atoms with Gasteiger partial charge in [0, 0.05) is 18.3 Å². The Morgan fingerprint density at radius 3 is 2.18 bits per heavy atom. The zero-order valence-corrected chi connectivity index (χ0v) is 17.6. The number of aromatic nitrogens is 2. The van der Waals surface area contributed by atoms with E-state index >= 15 is 0 Å². The number of nitrogens with one attached hydrogen (secondary N) is 2. The number of hydrogen-bond donors (Lipinski definition) is 2. The average Bonchev–Trinajstić information content (AvgIpc) is 3.16. The minimum Gasteiger partial charge on any atom is -0.351 e. The first-order valence-corrected chi connectivity index (χ1v) is 11.2. The van der Waals surface area contributed by atoms with Crippen LogP contribution in [0.5, 0.6) is 0 Å². The lowest BCUT2D eigenvalue weighted by Crippen LogP contribution is -2.44. The molecule has 5 unspecified atom stereocenters. The van der Waals surface area contributed by atoms with Crippen LogP contribution in [0, 0.1) is 11.8 Å². The van der Waals surface area contributed by atoms with Gasteiger partial charge in [-0.2, -0.15) is 5.10 Å². The Labute approximate surface area is 168 Å². The molecule has 1 heterocycles. The number of amides is 2. The van der Waals surface area contributed by atoms with E-state index in [9.17, 15) is 9.59 Å². The maximum atomic E-state index is 12.9. The Morgan fingerprint density at radius 1 is 1.04 bits per heavy atom. The monoisotopic (exact) mass is 388 g/mol. The summed E-state index contributed by atoms with van der Waals surface area (Å²) in [6, 6.07) is 1.83. The summed E-state index contributed by atoms with van der Waals surface area (Å²) >= 11 is 0. The van der Waals surface area contributed by atoms with Crippen LogP contribution < -0.4 is 10.6 Å². The molecule has 6 nitrogen and oxygen atoms in total. The predicted molar refractivity (Wildman–Crippen MR) is 110 cm³/mol. The maximum absolute atomic E-state index is 12.9. The highest BCUT2D eigenvalue weighted by molar-refractivity contribution is 5.92. The van der Waals surface area contributed by atoms with E-state index in [0.717, 1.165) is 19.3 Å². The molecule has 1 aromatic rings. The van der Waals surface area contributed by atoms with Crippen molar-refractivity contribution in [1.29, 1.82) is 0 Å². The largest absolute Gasteiger partial charge is 0.351 e. The van der Waals surface area contributed by atoms with E-state index < -0.39 is 0 Å². The van der Waals surface area contributed by atoms with Crippen molar-refractivity contribution in [3.63, 3.8) is 0 Å². The third-order valence-electron chi connectivity index (χ3n) is 6.72. The van der Waals surface area contributed by atoms with Gasteiger partial charge in [0.2, 0.25) is 5.91 Å². The van der Waals surface area contributed by atoms with Crippen molar-refractivity contribution in [1.82, 2.24) is 20.4 Å². The van der Waals surface area contributed by atoms with Gasteiger partial charge >= 0.3 is 0 Å². The van der Waals surface area contributed by atoms with Gasteiger partial charge in [0.25, 0.3) is 5.91 Å². The molecule has 0 bridgehead atoms. The second-order valence-electron chi connectivity index (χ2n) is 8.82. The SMILES string of the molecule is CCC(C(=O)NC1CCCCC1C)n1ccc(C(=O)NC2CCCCC2C)n1. The van der Waals surface area contributed by atoms with Crippen LogP contribution in [0.15, 0.2) is 12.3 Å². The highest BCUT2D eigenvalue weighted by atomic mass is 16.2. The standard InChI is InChI=1S/C22H36N4O2/c1-4-20(22(28)24-18-12-8-6-10-16(18)3)26-14-13-19(25-26)21(27)23-17-11-7-5-9-15(17)2/h13-18,20H,4-12H2,1-3H3,(H,23,27)(H,24,28). The first kappa shape index (κ1) is 20.9. The molecule has 3 rings (SSSR count). The van der Waals surface area contributed by atoms with Crippen molar-refractivity contribution in [2.45, 2.75) is 96.7 Å². The van der Waals surface area contributed by atoms with Gasteiger partial charge in [0.15, 0.2) is 0 Å². The smallest absolute Gasteiger partial charge is 0.272 e. The van der Waals surface area contributed by atoms with Crippen LogP contribution in [0.1, 0.15) is 95.1 Å². The molecule has 1 aromatic heterocycles. The first-order chi connectivity index (χ1) is 13.5. The van der Waals surface area contributed by atoms with Crippen LogP contribution in [-0.2, 0) is 4.79 Å². The van der Waals surface area contributed by atoms with E-state index in [1.165, 1.54) is 32.1 Å². The van der Waals surface area contributed by atoms with E-state index in [4.69, 9.17) is 0 Å². The minimum atomic E-state index is -0.371. The van der Waals surface area contributed by atoms with Gasteiger partial charge in [0.05, 0.1) is 0 Å². The molecule has 2 aliphatic rings. The average molecular weight is 389 g/mol. The van der Waals surface area contributed by atoms with E-state index in [2.05, 4.69) is 29.6 Å². The summed E-state index contributed by atoms with van der Waals surface area (Å²) in [6.45, 7) is 6.40. The quantitative estimate of drug-likeness (QED) is 0.777. The number of hydrogen-bond acceptors (Lipinski definition) is 3. The van der Waals surface area contributed by atoms with Gasteiger partial charge in [-0.1, -0.05) is 46.5 Å². The van der Waals surface area contributed by atoms with Crippen LogP contribution >= 0.6 is 0 Å². The van der Waals surface area contributed by atoms with Crippen LogP contribution in [0.4, 0.5) is 0 Å². The topological polar surface area (TPSA) is 76.0 Å². The Balaban J connectivity index is 1.61. The van der Waals surface area contributed by atoms with Crippen molar-refractivity contribution in [3.05, 3.63) is 18.0 Å².